The number of rotatable bonds is 0. The fraction of sp³-hybridized carbons (Fsp3) is 0.300. The number of pyridine rings is 1. The molecule has 2 nitrogen and oxygen atoms in total. The van der Waals surface area contributed by atoms with Gasteiger partial charge in [0.05, 0.1) is 16.1 Å². The van der Waals surface area contributed by atoms with Crippen molar-refractivity contribution in [3.05, 3.63) is 40.2 Å². The van der Waals surface area contributed by atoms with E-state index in [0.717, 1.165) is 11.3 Å². The van der Waals surface area contributed by atoms with Gasteiger partial charge in [0.15, 0.2) is 0 Å². The van der Waals surface area contributed by atoms with Crippen molar-refractivity contribution in [2.45, 2.75) is 18.4 Å². The van der Waals surface area contributed by atoms with Crippen molar-refractivity contribution in [2.75, 3.05) is 0 Å². The molecule has 0 saturated heterocycles. The summed E-state index contributed by atoms with van der Waals surface area (Å²) in [6, 6.07) is 3.74. The summed E-state index contributed by atoms with van der Waals surface area (Å²) in [5, 5.41) is 9.80. The lowest BCUT2D eigenvalue weighted by molar-refractivity contribution is 0.215. The van der Waals surface area contributed by atoms with Crippen LogP contribution in [0.5, 0.6) is 0 Å². The molecule has 0 amide bonds. The average Bonchev–Trinajstić information content (AvgIpc) is 2.14. The van der Waals surface area contributed by atoms with Gasteiger partial charge in [-0.05, 0) is 24.6 Å². The Balaban J connectivity index is 2.57. The van der Waals surface area contributed by atoms with Gasteiger partial charge in [-0.2, -0.15) is 0 Å². The van der Waals surface area contributed by atoms with E-state index in [1.165, 1.54) is 0 Å². The molecule has 2 unspecified atom stereocenters. The second kappa shape index (κ2) is 3.54. The predicted octanol–water partition coefficient (Wildman–Crippen LogP) is 2.84. The van der Waals surface area contributed by atoms with Crippen LogP contribution < -0.4 is 0 Å². The zero-order chi connectivity index (χ0) is 10.3. The molecule has 14 heavy (non-hydrogen) atoms. The van der Waals surface area contributed by atoms with Crippen LogP contribution in [0.4, 0.5) is 0 Å². The van der Waals surface area contributed by atoms with Gasteiger partial charge in [0.25, 0.3) is 0 Å². The summed E-state index contributed by atoms with van der Waals surface area (Å²) in [6.07, 6.45) is 0.800. The van der Waals surface area contributed by atoms with Crippen LogP contribution in [-0.4, -0.2) is 10.1 Å². The smallest absolute Gasteiger partial charge is 0.131 e. The number of alkyl halides is 1. The van der Waals surface area contributed by atoms with Gasteiger partial charge in [-0.15, -0.1) is 11.6 Å². The molecule has 1 heterocycles. The highest BCUT2D eigenvalue weighted by atomic mass is 35.5. The average molecular weight is 230 g/mol. The number of aliphatic hydroxyl groups is 1. The summed E-state index contributed by atoms with van der Waals surface area (Å²) in [6.45, 7) is 1.86. The van der Waals surface area contributed by atoms with Gasteiger partial charge in [-0.1, -0.05) is 17.7 Å². The van der Waals surface area contributed by atoms with Gasteiger partial charge >= 0.3 is 0 Å². The number of nitrogens with zero attached hydrogens (tertiary/aromatic N) is 1. The van der Waals surface area contributed by atoms with Crippen LogP contribution in [0.15, 0.2) is 23.2 Å². The van der Waals surface area contributed by atoms with E-state index in [-0.39, 0.29) is 5.38 Å². The highest BCUT2D eigenvalue weighted by molar-refractivity contribution is 6.31. The van der Waals surface area contributed by atoms with Crippen molar-refractivity contribution in [1.82, 2.24) is 4.98 Å². The second-order valence-corrected chi connectivity index (χ2v) is 4.19. The first-order valence-electron chi connectivity index (χ1n) is 4.26. The lowest BCUT2D eigenvalue weighted by Crippen LogP contribution is -2.12. The van der Waals surface area contributed by atoms with Crippen LogP contribution in [0.1, 0.15) is 28.4 Å². The highest BCUT2D eigenvalue weighted by Gasteiger charge is 2.26. The predicted molar refractivity (Wildman–Crippen MR) is 56.5 cm³/mol. The number of aryl methyl sites for hydroxylation is 1. The number of hydrogen-bond donors (Lipinski definition) is 1. The van der Waals surface area contributed by atoms with Gasteiger partial charge in [0.1, 0.15) is 6.10 Å². The normalized spacial score (nSPS) is 25.6. The summed E-state index contributed by atoms with van der Waals surface area (Å²) in [4.78, 5) is 4.24. The number of hydrogen-bond acceptors (Lipinski definition) is 2. The molecular weight excluding hydrogens is 221 g/mol. The molecule has 1 aliphatic carbocycles. The highest BCUT2D eigenvalue weighted by Crippen LogP contribution is 2.39. The molecule has 1 aromatic rings. The Morgan fingerprint density at radius 2 is 2.14 bits per heavy atom. The molecule has 0 radical (unpaired) electrons. The van der Waals surface area contributed by atoms with Crippen LogP contribution in [-0.2, 0) is 0 Å². The van der Waals surface area contributed by atoms with Crippen molar-refractivity contribution in [3.8, 4) is 0 Å². The largest absolute Gasteiger partial charge is 0.381 e. The maximum atomic E-state index is 9.75. The third kappa shape index (κ3) is 1.54. The third-order valence-electron chi connectivity index (χ3n) is 2.22. The molecular formula is C10H9Cl2NO. The summed E-state index contributed by atoms with van der Waals surface area (Å²) in [7, 11) is 0. The van der Waals surface area contributed by atoms with Crippen molar-refractivity contribution in [1.29, 1.82) is 0 Å². The van der Waals surface area contributed by atoms with Gasteiger partial charge in [-0.25, -0.2) is 0 Å². The van der Waals surface area contributed by atoms with Crippen molar-refractivity contribution in [2.24, 2.45) is 0 Å². The Morgan fingerprint density at radius 1 is 1.43 bits per heavy atom. The topological polar surface area (TPSA) is 33.1 Å². The van der Waals surface area contributed by atoms with Gasteiger partial charge in [-0.3, -0.25) is 4.98 Å². The molecule has 1 N–H and O–H groups in total. The van der Waals surface area contributed by atoms with E-state index in [0.29, 0.717) is 10.7 Å². The van der Waals surface area contributed by atoms with Crippen molar-refractivity contribution >= 4 is 23.2 Å². The van der Waals surface area contributed by atoms with Crippen molar-refractivity contribution in [3.63, 3.8) is 0 Å². The van der Waals surface area contributed by atoms with E-state index in [9.17, 15) is 5.11 Å². The quantitative estimate of drug-likeness (QED) is 0.695. The first kappa shape index (κ1) is 9.97. The SMILES string of the molecule is Cc1ccc2c(n1)C(O)C(Cl)=CC2Cl. The zero-order valence-electron chi connectivity index (χ0n) is 7.54. The number of aromatic nitrogens is 1. The first-order chi connectivity index (χ1) is 6.59. The van der Waals surface area contributed by atoms with E-state index in [1.807, 2.05) is 19.1 Å². The summed E-state index contributed by atoms with van der Waals surface area (Å²) in [5.41, 5.74) is 2.24. The Hall–Kier alpha value is -0.570. The minimum atomic E-state index is -0.832. The standard InChI is InChI=1S/C10H9Cl2NO/c1-5-2-3-6-7(11)4-8(12)10(14)9(6)13-5/h2-4,7,10,14H,1H3. The Labute approximate surface area is 92.2 Å². The minimum absolute atomic E-state index is 0.297. The fourth-order valence-corrected chi connectivity index (χ4v) is 2.11. The van der Waals surface area contributed by atoms with E-state index in [4.69, 9.17) is 23.2 Å². The minimum Gasteiger partial charge on any atom is -0.381 e. The van der Waals surface area contributed by atoms with E-state index in [2.05, 4.69) is 4.98 Å². The lowest BCUT2D eigenvalue weighted by atomic mass is 9.99. The van der Waals surface area contributed by atoms with Crippen LogP contribution in [0.3, 0.4) is 0 Å². The Morgan fingerprint density at radius 3 is 2.86 bits per heavy atom. The Bertz CT molecular complexity index is 403. The van der Waals surface area contributed by atoms with Crippen LogP contribution in [0, 0.1) is 6.92 Å². The molecule has 0 spiro atoms. The molecule has 0 aliphatic heterocycles. The molecule has 0 aromatic carbocycles. The van der Waals surface area contributed by atoms with E-state index < -0.39 is 6.10 Å². The van der Waals surface area contributed by atoms with Crippen LogP contribution >= 0.6 is 23.2 Å². The molecule has 0 bridgehead atoms. The molecule has 0 fully saturated rings. The monoisotopic (exact) mass is 229 g/mol. The number of fused-ring (bicyclic) bond motifs is 1. The van der Waals surface area contributed by atoms with Crippen LogP contribution in [0.25, 0.3) is 0 Å². The summed E-state index contributed by atoms with van der Waals surface area (Å²) < 4.78 is 0. The maximum Gasteiger partial charge on any atom is 0.131 e. The molecule has 2 rings (SSSR count). The van der Waals surface area contributed by atoms with E-state index >= 15 is 0 Å². The molecule has 1 aliphatic rings. The summed E-state index contributed by atoms with van der Waals surface area (Å²) >= 11 is 11.9. The van der Waals surface area contributed by atoms with Gasteiger partial charge < -0.3 is 5.11 Å². The first-order valence-corrected chi connectivity index (χ1v) is 5.08. The fourth-order valence-electron chi connectivity index (χ4n) is 1.49. The van der Waals surface area contributed by atoms with E-state index in [1.54, 1.807) is 6.08 Å². The molecule has 74 valence electrons. The van der Waals surface area contributed by atoms with Crippen LogP contribution in [0.2, 0.25) is 0 Å². The maximum absolute atomic E-state index is 9.75. The second-order valence-electron chi connectivity index (χ2n) is 3.28. The number of aliphatic hydroxyl groups excluding tert-OH is 1. The number of halogens is 2. The molecule has 0 saturated carbocycles. The molecule has 2 atom stereocenters. The van der Waals surface area contributed by atoms with Crippen molar-refractivity contribution < 1.29 is 5.11 Å². The van der Waals surface area contributed by atoms with Gasteiger partial charge in [0, 0.05) is 5.69 Å². The number of allylic oxidation sites excluding steroid dienone is 1. The van der Waals surface area contributed by atoms with Gasteiger partial charge in [0.2, 0.25) is 0 Å². The third-order valence-corrected chi connectivity index (χ3v) is 2.91. The Kier molecular flexibility index (Phi) is 2.52. The molecule has 1 aromatic heterocycles. The zero-order valence-corrected chi connectivity index (χ0v) is 9.05. The molecule has 4 heteroatoms. The lowest BCUT2D eigenvalue weighted by Gasteiger charge is -2.21. The summed E-state index contributed by atoms with van der Waals surface area (Å²) in [5.74, 6) is 0.